The summed E-state index contributed by atoms with van der Waals surface area (Å²) in [4.78, 5) is 23.2. The Morgan fingerprint density at radius 3 is 2.52 bits per heavy atom. The Morgan fingerprint density at radius 2 is 1.95 bits per heavy atom. The third-order valence-corrected chi connectivity index (χ3v) is 3.63. The van der Waals surface area contributed by atoms with E-state index in [2.05, 4.69) is 10.6 Å². The van der Waals surface area contributed by atoms with Crippen molar-refractivity contribution < 1.29 is 9.59 Å². The van der Waals surface area contributed by atoms with E-state index in [1.54, 1.807) is 0 Å². The predicted molar refractivity (Wildman–Crippen MR) is 84.7 cm³/mol. The highest BCUT2D eigenvalue weighted by Crippen LogP contribution is 2.18. The second-order valence-corrected chi connectivity index (χ2v) is 5.45. The van der Waals surface area contributed by atoms with E-state index in [4.69, 9.17) is 5.73 Å². The molecule has 3 atom stereocenters. The lowest BCUT2D eigenvalue weighted by molar-refractivity contribution is -0.124. The monoisotopic (exact) mass is 291 g/mol. The zero-order valence-corrected chi connectivity index (χ0v) is 13.1. The molecule has 5 nitrogen and oxygen atoms in total. The van der Waals surface area contributed by atoms with Crippen LogP contribution in [-0.4, -0.2) is 17.9 Å². The van der Waals surface area contributed by atoms with Crippen LogP contribution < -0.4 is 16.4 Å². The summed E-state index contributed by atoms with van der Waals surface area (Å²) in [6.45, 7) is 7.33. The number of amides is 2. The van der Waals surface area contributed by atoms with Crippen LogP contribution in [0, 0.1) is 5.92 Å². The first kappa shape index (κ1) is 17.2. The molecular formula is C16H25N3O2. The molecule has 0 radical (unpaired) electrons. The molecule has 0 aromatic heterocycles. The fourth-order valence-corrected chi connectivity index (χ4v) is 1.99. The van der Waals surface area contributed by atoms with Crippen LogP contribution >= 0.6 is 0 Å². The summed E-state index contributed by atoms with van der Waals surface area (Å²) in [5.74, 6) is -0.132. The Balaban J connectivity index is 2.73. The van der Waals surface area contributed by atoms with Gasteiger partial charge in [0.25, 0.3) is 0 Å². The van der Waals surface area contributed by atoms with Crippen molar-refractivity contribution in [3.05, 3.63) is 29.8 Å². The van der Waals surface area contributed by atoms with Crippen molar-refractivity contribution in [3.63, 3.8) is 0 Å². The van der Waals surface area contributed by atoms with Gasteiger partial charge in [-0.15, -0.1) is 0 Å². The highest BCUT2D eigenvalue weighted by atomic mass is 16.2. The van der Waals surface area contributed by atoms with E-state index in [-0.39, 0.29) is 23.8 Å². The summed E-state index contributed by atoms with van der Waals surface area (Å²) in [5.41, 5.74) is 7.56. The maximum absolute atomic E-state index is 12.1. The lowest BCUT2D eigenvalue weighted by Crippen LogP contribution is -2.45. The summed E-state index contributed by atoms with van der Waals surface area (Å²) in [6.07, 6.45) is 0.862. The predicted octanol–water partition coefficient (Wildman–Crippen LogP) is 2.20. The fourth-order valence-electron chi connectivity index (χ4n) is 1.99. The Kier molecular flexibility index (Phi) is 6.37. The lowest BCUT2D eigenvalue weighted by Gasteiger charge is -2.21. The largest absolute Gasteiger partial charge is 0.348 e. The van der Waals surface area contributed by atoms with Crippen LogP contribution in [0.3, 0.4) is 0 Å². The smallest absolute Gasteiger partial charge is 0.237 e. The van der Waals surface area contributed by atoms with E-state index in [1.807, 2.05) is 45.0 Å². The molecule has 2 amide bonds. The zero-order chi connectivity index (χ0) is 16.0. The Bertz CT molecular complexity index is 502. The molecule has 0 fully saturated rings. The molecule has 0 aliphatic rings. The maximum atomic E-state index is 12.1. The maximum Gasteiger partial charge on any atom is 0.237 e. The second-order valence-electron chi connectivity index (χ2n) is 5.45. The molecule has 0 saturated carbocycles. The molecular weight excluding hydrogens is 266 g/mol. The van der Waals surface area contributed by atoms with Crippen molar-refractivity contribution in [1.29, 1.82) is 0 Å². The average Bonchev–Trinajstić information content (AvgIpc) is 2.45. The SMILES string of the molecule is CC[C@H](C)[C@H](N)C(=O)NC(C)c1cccc(NC(C)=O)c1. The van der Waals surface area contributed by atoms with E-state index in [0.717, 1.165) is 12.0 Å². The number of benzene rings is 1. The molecule has 5 heteroatoms. The first-order valence-corrected chi connectivity index (χ1v) is 7.28. The molecule has 0 heterocycles. The number of anilines is 1. The lowest BCUT2D eigenvalue weighted by atomic mass is 9.98. The molecule has 0 bridgehead atoms. The molecule has 0 aliphatic heterocycles. The number of hydrogen-bond acceptors (Lipinski definition) is 3. The van der Waals surface area contributed by atoms with Crippen LogP contribution in [0.2, 0.25) is 0 Å². The molecule has 0 spiro atoms. The topological polar surface area (TPSA) is 84.2 Å². The number of carbonyl (C=O) groups is 2. The van der Waals surface area contributed by atoms with Crippen LogP contribution in [0.4, 0.5) is 5.69 Å². The molecule has 4 N–H and O–H groups in total. The number of rotatable bonds is 6. The quantitative estimate of drug-likeness (QED) is 0.751. The van der Waals surface area contributed by atoms with Gasteiger partial charge in [-0.1, -0.05) is 32.4 Å². The van der Waals surface area contributed by atoms with E-state index < -0.39 is 6.04 Å². The molecule has 0 aliphatic carbocycles. The Labute approximate surface area is 126 Å². The summed E-state index contributed by atoms with van der Waals surface area (Å²) in [7, 11) is 0. The van der Waals surface area contributed by atoms with Gasteiger partial charge in [-0.25, -0.2) is 0 Å². The van der Waals surface area contributed by atoms with Crippen molar-refractivity contribution in [2.75, 3.05) is 5.32 Å². The van der Waals surface area contributed by atoms with Crippen molar-refractivity contribution in [2.45, 2.75) is 46.2 Å². The van der Waals surface area contributed by atoms with Crippen molar-refractivity contribution in [2.24, 2.45) is 11.7 Å². The van der Waals surface area contributed by atoms with E-state index >= 15 is 0 Å². The van der Waals surface area contributed by atoms with Gasteiger partial charge >= 0.3 is 0 Å². The summed E-state index contributed by atoms with van der Waals surface area (Å²) in [5, 5.41) is 5.64. The highest BCUT2D eigenvalue weighted by Gasteiger charge is 2.21. The number of hydrogen-bond donors (Lipinski definition) is 3. The molecule has 21 heavy (non-hydrogen) atoms. The normalized spacial score (nSPS) is 14.9. The minimum absolute atomic E-state index is 0.123. The van der Waals surface area contributed by atoms with Gasteiger partial charge in [0.1, 0.15) is 0 Å². The van der Waals surface area contributed by atoms with Crippen molar-refractivity contribution >= 4 is 17.5 Å². The second kappa shape index (κ2) is 7.78. The first-order chi connectivity index (χ1) is 9.85. The van der Waals surface area contributed by atoms with Gasteiger partial charge in [0.2, 0.25) is 11.8 Å². The van der Waals surface area contributed by atoms with Crippen LogP contribution in [0.5, 0.6) is 0 Å². The van der Waals surface area contributed by atoms with Crippen LogP contribution in [0.15, 0.2) is 24.3 Å². The zero-order valence-electron chi connectivity index (χ0n) is 13.1. The van der Waals surface area contributed by atoms with Gasteiger partial charge in [-0.05, 0) is 30.5 Å². The third-order valence-electron chi connectivity index (χ3n) is 3.63. The van der Waals surface area contributed by atoms with Gasteiger partial charge in [-0.3, -0.25) is 9.59 Å². The highest BCUT2D eigenvalue weighted by molar-refractivity contribution is 5.88. The van der Waals surface area contributed by atoms with Crippen LogP contribution in [0.1, 0.15) is 45.7 Å². The van der Waals surface area contributed by atoms with Crippen molar-refractivity contribution in [3.8, 4) is 0 Å². The minimum atomic E-state index is -0.504. The van der Waals surface area contributed by atoms with Gasteiger partial charge < -0.3 is 16.4 Å². The molecule has 1 aromatic carbocycles. The first-order valence-electron chi connectivity index (χ1n) is 7.28. The third kappa shape index (κ3) is 5.19. The molecule has 1 unspecified atom stereocenters. The average molecular weight is 291 g/mol. The van der Waals surface area contributed by atoms with E-state index in [0.29, 0.717) is 5.69 Å². The minimum Gasteiger partial charge on any atom is -0.348 e. The van der Waals surface area contributed by atoms with Gasteiger partial charge in [-0.2, -0.15) is 0 Å². The van der Waals surface area contributed by atoms with Crippen molar-refractivity contribution in [1.82, 2.24) is 5.32 Å². The molecule has 116 valence electrons. The molecule has 1 rings (SSSR count). The summed E-state index contributed by atoms with van der Waals surface area (Å²) >= 11 is 0. The Morgan fingerprint density at radius 1 is 1.29 bits per heavy atom. The molecule has 0 saturated heterocycles. The van der Waals surface area contributed by atoms with Gasteiger partial charge in [0.15, 0.2) is 0 Å². The van der Waals surface area contributed by atoms with Gasteiger partial charge in [0, 0.05) is 12.6 Å². The number of nitrogens with two attached hydrogens (primary N) is 1. The van der Waals surface area contributed by atoms with Crippen LogP contribution in [0.25, 0.3) is 0 Å². The fraction of sp³-hybridized carbons (Fsp3) is 0.500. The van der Waals surface area contributed by atoms with Gasteiger partial charge in [0.05, 0.1) is 12.1 Å². The van der Waals surface area contributed by atoms with E-state index in [9.17, 15) is 9.59 Å². The number of carbonyl (C=O) groups excluding carboxylic acids is 2. The number of nitrogens with one attached hydrogen (secondary N) is 2. The summed E-state index contributed by atoms with van der Waals surface area (Å²) in [6, 6.07) is 6.74. The molecule has 1 aromatic rings. The standard InChI is InChI=1S/C16H25N3O2/c1-5-10(2)15(17)16(21)18-11(3)13-7-6-8-14(9-13)19-12(4)20/h6-11,15H,5,17H2,1-4H3,(H,18,21)(H,19,20)/t10-,11?,15-/m0/s1. The van der Waals surface area contributed by atoms with E-state index in [1.165, 1.54) is 6.92 Å². The summed E-state index contributed by atoms with van der Waals surface area (Å²) < 4.78 is 0. The van der Waals surface area contributed by atoms with Crippen LogP contribution in [-0.2, 0) is 9.59 Å². The Hall–Kier alpha value is -1.88.